The maximum absolute atomic E-state index is 12.6. The summed E-state index contributed by atoms with van der Waals surface area (Å²) < 4.78 is 2.16. The lowest BCUT2D eigenvalue weighted by Crippen LogP contribution is -2.33. The Morgan fingerprint density at radius 1 is 1.06 bits per heavy atom. The van der Waals surface area contributed by atoms with Crippen LogP contribution in [-0.2, 0) is 11.3 Å². The van der Waals surface area contributed by atoms with Crippen molar-refractivity contribution in [3.8, 4) is 0 Å². The summed E-state index contributed by atoms with van der Waals surface area (Å²) >= 11 is 1.58. The molecule has 0 radical (unpaired) electrons. The van der Waals surface area contributed by atoms with E-state index in [4.69, 9.17) is 0 Å². The number of hydrogen-bond donors (Lipinski definition) is 2. The molecule has 32 heavy (non-hydrogen) atoms. The topological polar surface area (TPSA) is 63.1 Å². The van der Waals surface area contributed by atoms with Gasteiger partial charge in [-0.1, -0.05) is 48.2 Å². The van der Waals surface area contributed by atoms with Crippen LogP contribution in [0.3, 0.4) is 0 Å². The lowest BCUT2D eigenvalue weighted by Gasteiger charge is -2.11. The van der Waals surface area contributed by atoms with Gasteiger partial charge in [0.2, 0.25) is 5.91 Å². The number of nitrogens with one attached hydrogen (secondary N) is 2. The van der Waals surface area contributed by atoms with E-state index < -0.39 is 0 Å². The van der Waals surface area contributed by atoms with Crippen molar-refractivity contribution in [2.75, 3.05) is 12.3 Å². The summed E-state index contributed by atoms with van der Waals surface area (Å²) in [7, 11) is 0. The molecule has 1 heterocycles. The number of nitrogens with zero attached hydrogens (tertiary/aromatic N) is 1. The van der Waals surface area contributed by atoms with Crippen molar-refractivity contribution in [1.82, 2.24) is 15.2 Å². The number of aromatic nitrogens is 1. The summed E-state index contributed by atoms with van der Waals surface area (Å²) in [5.74, 6) is 0.486. The Bertz CT molecular complexity index is 1100. The summed E-state index contributed by atoms with van der Waals surface area (Å²) in [4.78, 5) is 26.0. The molecule has 0 aliphatic heterocycles. The number of thioether (sulfide) groups is 1. The van der Waals surface area contributed by atoms with E-state index in [9.17, 15) is 9.59 Å². The number of amides is 2. The highest BCUT2D eigenvalue weighted by atomic mass is 32.2. The normalized spacial score (nSPS) is 14.1. The number of para-hydroxylation sites is 1. The molecular weight excluding hydrogens is 418 g/mol. The molecule has 2 N–H and O–H groups in total. The maximum Gasteiger partial charge on any atom is 0.251 e. The van der Waals surface area contributed by atoms with Gasteiger partial charge in [-0.2, -0.15) is 0 Å². The molecule has 4 rings (SSSR count). The third kappa shape index (κ3) is 5.54. The Morgan fingerprint density at radius 2 is 1.78 bits per heavy atom. The van der Waals surface area contributed by atoms with E-state index in [2.05, 4.69) is 39.6 Å². The van der Waals surface area contributed by atoms with Crippen LogP contribution in [-0.4, -0.2) is 34.7 Å². The fourth-order valence-electron chi connectivity index (χ4n) is 4.49. The van der Waals surface area contributed by atoms with Crippen LogP contribution in [0.25, 0.3) is 10.9 Å². The van der Waals surface area contributed by atoms with E-state index >= 15 is 0 Å². The van der Waals surface area contributed by atoms with Gasteiger partial charge in [-0.3, -0.25) is 9.59 Å². The van der Waals surface area contributed by atoms with Crippen molar-refractivity contribution >= 4 is 34.5 Å². The summed E-state index contributed by atoms with van der Waals surface area (Å²) in [6.07, 6.45) is 6.73. The van der Waals surface area contributed by atoms with Crippen LogP contribution >= 0.6 is 11.8 Å². The zero-order valence-corrected chi connectivity index (χ0v) is 19.6. The highest BCUT2D eigenvalue weighted by molar-refractivity contribution is 8.00. The third-order valence-electron chi connectivity index (χ3n) is 5.95. The van der Waals surface area contributed by atoms with E-state index in [1.807, 2.05) is 38.1 Å². The Balaban J connectivity index is 1.37. The fourth-order valence-corrected chi connectivity index (χ4v) is 5.39. The second kappa shape index (κ2) is 10.3. The average Bonchev–Trinajstić information content (AvgIpc) is 3.39. The van der Waals surface area contributed by atoms with Gasteiger partial charge in [0.25, 0.3) is 5.91 Å². The molecule has 1 aromatic heterocycles. The molecule has 0 saturated heterocycles. The van der Waals surface area contributed by atoms with Gasteiger partial charge in [0.1, 0.15) is 0 Å². The second-order valence-corrected chi connectivity index (χ2v) is 9.69. The van der Waals surface area contributed by atoms with Crippen LogP contribution in [0.15, 0.2) is 53.6 Å². The van der Waals surface area contributed by atoms with Crippen molar-refractivity contribution in [2.45, 2.75) is 57.0 Å². The van der Waals surface area contributed by atoms with Crippen molar-refractivity contribution in [2.24, 2.45) is 0 Å². The van der Waals surface area contributed by atoms with E-state index in [1.165, 1.54) is 12.8 Å². The van der Waals surface area contributed by atoms with Gasteiger partial charge in [-0.05, 0) is 44.9 Å². The first-order valence-corrected chi connectivity index (χ1v) is 12.3. The quantitative estimate of drug-likeness (QED) is 0.484. The molecule has 168 valence electrons. The van der Waals surface area contributed by atoms with Crippen molar-refractivity contribution < 1.29 is 9.59 Å². The van der Waals surface area contributed by atoms with Gasteiger partial charge in [0, 0.05) is 46.7 Å². The zero-order valence-electron chi connectivity index (χ0n) is 18.8. The molecule has 1 aliphatic carbocycles. The molecule has 0 unspecified atom stereocenters. The van der Waals surface area contributed by atoms with E-state index in [0.29, 0.717) is 30.4 Å². The van der Waals surface area contributed by atoms with Crippen LogP contribution < -0.4 is 10.6 Å². The van der Waals surface area contributed by atoms with Gasteiger partial charge in [-0.25, -0.2) is 0 Å². The minimum absolute atomic E-state index is 0.0496. The monoisotopic (exact) mass is 449 g/mol. The van der Waals surface area contributed by atoms with Crippen LogP contribution in [0.1, 0.15) is 47.2 Å². The maximum atomic E-state index is 12.6. The Labute approximate surface area is 194 Å². The molecule has 0 bridgehead atoms. The second-order valence-electron chi connectivity index (χ2n) is 8.67. The largest absolute Gasteiger partial charge is 0.353 e. The lowest BCUT2D eigenvalue weighted by atomic mass is 10.1. The highest BCUT2D eigenvalue weighted by Gasteiger charge is 2.18. The molecule has 2 aromatic carbocycles. The number of hydrogen-bond acceptors (Lipinski definition) is 3. The average molecular weight is 450 g/mol. The van der Waals surface area contributed by atoms with E-state index in [-0.39, 0.29) is 11.8 Å². The van der Waals surface area contributed by atoms with Gasteiger partial charge in [0.05, 0.1) is 5.75 Å². The summed E-state index contributed by atoms with van der Waals surface area (Å²) in [5.41, 5.74) is 3.99. The molecule has 1 fully saturated rings. The Morgan fingerprint density at radius 3 is 2.53 bits per heavy atom. The molecule has 6 heteroatoms. The first-order chi connectivity index (χ1) is 15.5. The Kier molecular flexibility index (Phi) is 7.20. The van der Waals surface area contributed by atoms with Crippen molar-refractivity contribution in [3.63, 3.8) is 0 Å². The van der Waals surface area contributed by atoms with E-state index in [1.54, 1.807) is 11.8 Å². The highest BCUT2D eigenvalue weighted by Crippen LogP contribution is 2.30. The zero-order chi connectivity index (χ0) is 22.5. The minimum Gasteiger partial charge on any atom is -0.353 e. The lowest BCUT2D eigenvalue weighted by molar-refractivity contribution is -0.119. The molecule has 0 atom stereocenters. The first-order valence-electron chi connectivity index (χ1n) is 11.4. The van der Waals surface area contributed by atoms with Crippen molar-refractivity contribution in [1.29, 1.82) is 0 Å². The summed E-state index contributed by atoms with van der Waals surface area (Å²) in [6.45, 7) is 5.22. The van der Waals surface area contributed by atoms with Gasteiger partial charge in [-0.15, -0.1) is 11.8 Å². The number of fused-ring (bicyclic) bond motifs is 1. The molecule has 2 amide bonds. The van der Waals surface area contributed by atoms with Crippen LogP contribution in [0.5, 0.6) is 0 Å². The standard InChI is InChI=1S/C26H31N3O2S/c1-18-13-19(2)15-20(14-18)26(31)27-11-12-29-16-24(22-9-5-6-10-23(22)29)32-17-25(30)28-21-7-3-4-8-21/h5-6,9-10,13-16,21H,3-4,7-8,11-12,17H2,1-2H3,(H,27,31)(H,28,30). The minimum atomic E-state index is -0.0496. The molecule has 1 saturated carbocycles. The van der Waals surface area contributed by atoms with Crippen LogP contribution in [0.4, 0.5) is 0 Å². The number of carbonyl (C=O) groups is 2. The number of benzene rings is 2. The summed E-state index contributed by atoms with van der Waals surface area (Å²) in [5, 5.41) is 7.34. The fraction of sp³-hybridized carbons (Fsp3) is 0.385. The summed E-state index contributed by atoms with van der Waals surface area (Å²) in [6, 6.07) is 14.5. The smallest absolute Gasteiger partial charge is 0.251 e. The molecule has 0 spiro atoms. The first kappa shape index (κ1) is 22.5. The predicted molar refractivity (Wildman–Crippen MR) is 131 cm³/mol. The van der Waals surface area contributed by atoms with E-state index in [0.717, 1.165) is 39.8 Å². The number of aryl methyl sites for hydroxylation is 2. The van der Waals surface area contributed by atoms with Gasteiger partial charge < -0.3 is 15.2 Å². The predicted octanol–water partition coefficient (Wildman–Crippen LogP) is 4.84. The van der Waals surface area contributed by atoms with Crippen LogP contribution in [0.2, 0.25) is 0 Å². The van der Waals surface area contributed by atoms with Crippen LogP contribution in [0, 0.1) is 13.8 Å². The third-order valence-corrected chi connectivity index (χ3v) is 7.00. The number of rotatable bonds is 8. The SMILES string of the molecule is Cc1cc(C)cc(C(=O)NCCn2cc(SCC(=O)NC3CCCC3)c3ccccc32)c1. The van der Waals surface area contributed by atoms with Gasteiger partial charge in [0.15, 0.2) is 0 Å². The molecule has 5 nitrogen and oxygen atoms in total. The molecular formula is C26H31N3O2S. The van der Waals surface area contributed by atoms with Crippen molar-refractivity contribution in [3.05, 3.63) is 65.4 Å². The number of carbonyl (C=O) groups excluding carboxylic acids is 2. The molecule has 1 aliphatic rings. The molecule has 3 aromatic rings. The Hall–Kier alpha value is -2.73. The van der Waals surface area contributed by atoms with Gasteiger partial charge >= 0.3 is 0 Å².